The fraction of sp³-hybridized carbons (Fsp3) is 0.150. The van der Waals surface area contributed by atoms with Crippen LogP contribution in [0.2, 0.25) is 0 Å². The Bertz CT molecular complexity index is 1140. The Morgan fingerprint density at radius 2 is 1.87 bits per heavy atom. The van der Waals surface area contributed by atoms with Crippen LogP contribution in [0.4, 0.5) is 23.0 Å². The van der Waals surface area contributed by atoms with Crippen LogP contribution in [-0.4, -0.2) is 34.8 Å². The third-order valence-electron chi connectivity index (χ3n) is 4.47. The number of carbonyl (C=O) groups is 1. The minimum Gasteiger partial charge on any atom is -0.465 e. The van der Waals surface area contributed by atoms with E-state index in [1.165, 1.54) is 13.4 Å². The average Bonchev–Trinajstić information content (AvgIpc) is 3.25. The number of hydrogen-bond donors (Lipinski definition) is 2. The molecule has 0 radical (unpaired) electrons. The zero-order valence-corrected chi connectivity index (χ0v) is 16.3. The molecule has 2 N–H and O–H groups in total. The highest BCUT2D eigenvalue weighted by atomic mass is 16.7. The molecule has 0 amide bonds. The first-order valence-corrected chi connectivity index (χ1v) is 9.12. The summed E-state index contributed by atoms with van der Waals surface area (Å²) in [4.78, 5) is 30.7. The number of nitrogens with one attached hydrogen (secondary N) is 2. The second-order valence-electron chi connectivity index (χ2n) is 6.41. The number of methoxy groups -OCH3 is 1. The molecule has 11 heteroatoms. The standard InChI is InChI=1S/C20H17N5O6/c1-29-20(26)13-3-5-14(6-4-13)24-19-17(25(27)28)18(22-10-23-19)21-9-12-2-7-15-16(8-12)31-11-30-15/h2-8,10H,9,11H2,1H3,(H2,21,22,23,24). The first kappa shape index (κ1) is 19.9. The van der Waals surface area contributed by atoms with Crippen molar-refractivity contribution in [1.29, 1.82) is 0 Å². The highest BCUT2D eigenvalue weighted by Gasteiger charge is 2.23. The van der Waals surface area contributed by atoms with Crippen LogP contribution < -0.4 is 20.1 Å². The molecule has 0 saturated heterocycles. The maximum Gasteiger partial charge on any atom is 0.353 e. The maximum absolute atomic E-state index is 11.7. The molecule has 0 atom stereocenters. The summed E-state index contributed by atoms with van der Waals surface area (Å²) in [6, 6.07) is 11.7. The van der Waals surface area contributed by atoms with Crippen LogP contribution in [0.1, 0.15) is 15.9 Å². The molecule has 0 unspecified atom stereocenters. The number of aromatic nitrogens is 2. The van der Waals surface area contributed by atoms with Gasteiger partial charge < -0.3 is 24.8 Å². The summed E-state index contributed by atoms with van der Waals surface area (Å²) in [5.74, 6) is 0.871. The van der Waals surface area contributed by atoms with Crippen LogP contribution in [-0.2, 0) is 11.3 Å². The predicted octanol–water partition coefficient (Wildman–Crippen LogP) is 3.26. The van der Waals surface area contributed by atoms with Gasteiger partial charge in [-0.2, -0.15) is 0 Å². The molecule has 31 heavy (non-hydrogen) atoms. The smallest absolute Gasteiger partial charge is 0.353 e. The summed E-state index contributed by atoms with van der Waals surface area (Å²) in [6.45, 7) is 0.445. The van der Waals surface area contributed by atoms with Gasteiger partial charge in [-0.25, -0.2) is 14.8 Å². The van der Waals surface area contributed by atoms with E-state index in [0.29, 0.717) is 22.7 Å². The molecule has 11 nitrogen and oxygen atoms in total. The van der Waals surface area contributed by atoms with Gasteiger partial charge in [-0.1, -0.05) is 6.07 Å². The molecule has 2 aromatic carbocycles. The minimum atomic E-state index is -0.562. The van der Waals surface area contributed by atoms with Crippen molar-refractivity contribution in [2.24, 2.45) is 0 Å². The summed E-state index contributed by atoms with van der Waals surface area (Å²) >= 11 is 0. The lowest BCUT2D eigenvalue weighted by Crippen LogP contribution is -2.08. The van der Waals surface area contributed by atoms with Crippen molar-refractivity contribution >= 4 is 29.0 Å². The number of nitrogens with zero attached hydrogens (tertiary/aromatic N) is 3. The zero-order chi connectivity index (χ0) is 21.8. The summed E-state index contributed by atoms with van der Waals surface area (Å²) in [5, 5.41) is 17.6. The van der Waals surface area contributed by atoms with E-state index < -0.39 is 10.9 Å². The average molecular weight is 423 g/mol. The van der Waals surface area contributed by atoms with Gasteiger partial charge in [0.25, 0.3) is 0 Å². The van der Waals surface area contributed by atoms with Crippen LogP contribution in [0.25, 0.3) is 0 Å². The molecule has 1 aromatic heterocycles. The Labute approximate surface area is 176 Å². The maximum atomic E-state index is 11.7. The molecule has 0 saturated carbocycles. The Balaban J connectivity index is 1.53. The SMILES string of the molecule is COC(=O)c1ccc(Nc2ncnc(NCc3ccc4c(c3)OCO4)c2[N+](=O)[O-])cc1. The fourth-order valence-electron chi connectivity index (χ4n) is 2.95. The molecule has 4 rings (SSSR count). The van der Waals surface area contributed by atoms with Crippen molar-refractivity contribution in [2.75, 3.05) is 24.5 Å². The van der Waals surface area contributed by atoms with Gasteiger partial charge in [-0.15, -0.1) is 0 Å². The molecule has 0 spiro atoms. The molecule has 158 valence electrons. The number of benzene rings is 2. The van der Waals surface area contributed by atoms with E-state index >= 15 is 0 Å². The van der Waals surface area contributed by atoms with E-state index in [1.54, 1.807) is 36.4 Å². The van der Waals surface area contributed by atoms with Crippen molar-refractivity contribution in [3.05, 3.63) is 70.0 Å². The fourth-order valence-corrected chi connectivity index (χ4v) is 2.95. The Morgan fingerprint density at radius 1 is 1.13 bits per heavy atom. The number of ether oxygens (including phenoxy) is 3. The van der Waals surface area contributed by atoms with E-state index in [2.05, 4.69) is 25.3 Å². The first-order valence-electron chi connectivity index (χ1n) is 9.12. The normalized spacial score (nSPS) is 11.6. The summed E-state index contributed by atoms with van der Waals surface area (Å²) < 4.78 is 15.3. The largest absolute Gasteiger partial charge is 0.465 e. The van der Waals surface area contributed by atoms with Gasteiger partial charge in [0.15, 0.2) is 11.5 Å². The van der Waals surface area contributed by atoms with Crippen molar-refractivity contribution in [3.8, 4) is 11.5 Å². The monoisotopic (exact) mass is 423 g/mol. The van der Waals surface area contributed by atoms with E-state index in [1.807, 2.05) is 6.07 Å². The lowest BCUT2D eigenvalue weighted by atomic mass is 10.2. The highest BCUT2D eigenvalue weighted by Crippen LogP contribution is 2.34. The first-order chi connectivity index (χ1) is 15.0. The number of esters is 1. The number of carbonyl (C=O) groups excluding carboxylic acids is 1. The van der Waals surface area contributed by atoms with E-state index in [-0.39, 0.29) is 30.7 Å². The van der Waals surface area contributed by atoms with Crippen LogP contribution >= 0.6 is 0 Å². The molecular weight excluding hydrogens is 406 g/mol. The Hall–Kier alpha value is -4.41. The van der Waals surface area contributed by atoms with Crippen molar-refractivity contribution in [2.45, 2.75) is 6.54 Å². The molecular formula is C20H17N5O6. The Kier molecular flexibility index (Phi) is 5.47. The molecule has 0 bridgehead atoms. The van der Waals surface area contributed by atoms with E-state index in [4.69, 9.17) is 9.47 Å². The van der Waals surface area contributed by atoms with Gasteiger partial charge in [-0.3, -0.25) is 10.1 Å². The van der Waals surface area contributed by atoms with Gasteiger partial charge in [0.1, 0.15) is 6.33 Å². The van der Waals surface area contributed by atoms with E-state index in [0.717, 1.165) is 5.56 Å². The van der Waals surface area contributed by atoms with Crippen LogP contribution in [0.3, 0.4) is 0 Å². The quantitative estimate of drug-likeness (QED) is 0.331. The van der Waals surface area contributed by atoms with Crippen LogP contribution in [0.15, 0.2) is 48.8 Å². The summed E-state index contributed by atoms with van der Waals surface area (Å²) in [7, 11) is 1.29. The molecule has 1 aliphatic heterocycles. The minimum absolute atomic E-state index is 0.0130. The van der Waals surface area contributed by atoms with Crippen molar-refractivity contribution in [1.82, 2.24) is 9.97 Å². The molecule has 1 aliphatic rings. The second-order valence-corrected chi connectivity index (χ2v) is 6.41. The van der Waals surface area contributed by atoms with Gasteiger partial charge in [0.05, 0.1) is 17.6 Å². The van der Waals surface area contributed by atoms with Gasteiger partial charge in [-0.05, 0) is 42.0 Å². The lowest BCUT2D eigenvalue weighted by molar-refractivity contribution is -0.383. The van der Waals surface area contributed by atoms with Gasteiger partial charge in [0, 0.05) is 12.2 Å². The summed E-state index contributed by atoms with van der Waals surface area (Å²) in [5.41, 5.74) is 1.40. The topological polar surface area (TPSA) is 138 Å². The number of fused-ring (bicyclic) bond motifs is 1. The third kappa shape index (κ3) is 4.29. The second kappa shape index (κ2) is 8.53. The highest BCUT2D eigenvalue weighted by molar-refractivity contribution is 5.89. The van der Waals surface area contributed by atoms with Crippen LogP contribution in [0, 0.1) is 10.1 Å². The van der Waals surface area contributed by atoms with E-state index in [9.17, 15) is 14.9 Å². The summed E-state index contributed by atoms with van der Waals surface area (Å²) in [6.07, 6.45) is 1.22. The third-order valence-corrected chi connectivity index (χ3v) is 4.47. The zero-order valence-electron chi connectivity index (χ0n) is 16.3. The molecule has 2 heterocycles. The van der Waals surface area contributed by atoms with Gasteiger partial charge in [0.2, 0.25) is 18.4 Å². The number of hydrogen-bond acceptors (Lipinski definition) is 10. The Morgan fingerprint density at radius 3 is 2.61 bits per heavy atom. The molecule has 0 fully saturated rings. The number of anilines is 3. The van der Waals surface area contributed by atoms with Crippen molar-refractivity contribution < 1.29 is 23.9 Å². The van der Waals surface area contributed by atoms with Crippen molar-refractivity contribution in [3.63, 3.8) is 0 Å². The molecule has 0 aliphatic carbocycles. The lowest BCUT2D eigenvalue weighted by Gasteiger charge is -2.11. The number of nitro groups is 1. The van der Waals surface area contributed by atoms with Crippen LogP contribution in [0.5, 0.6) is 11.5 Å². The predicted molar refractivity (Wildman–Crippen MR) is 110 cm³/mol. The molecule has 3 aromatic rings. The number of rotatable bonds is 7. The van der Waals surface area contributed by atoms with Gasteiger partial charge >= 0.3 is 11.7 Å².